The summed E-state index contributed by atoms with van der Waals surface area (Å²) in [6, 6.07) is 4.60. The molecule has 5 heteroatoms. The van der Waals surface area contributed by atoms with Crippen LogP contribution in [0.1, 0.15) is 24.2 Å². The monoisotopic (exact) mass is 266 g/mol. The lowest BCUT2D eigenvalue weighted by atomic mass is 10.1. The topological polar surface area (TPSA) is 43.8 Å². The SMILES string of the molecule is CC(C)N1CCN(c2ccc(C(=O)O)cc2F)CC1. The Balaban J connectivity index is 2.09. The van der Waals surface area contributed by atoms with Crippen LogP contribution in [-0.4, -0.2) is 48.2 Å². The average Bonchev–Trinajstić information content (AvgIpc) is 2.38. The number of carboxylic acids is 1. The highest BCUT2D eigenvalue weighted by Gasteiger charge is 2.21. The number of nitrogens with zero attached hydrogens (tertiary/aromatic N) is 2. The van der Waals surface area contributed by atoms with Gasteiger partial charge in [0.05, 0.1) is 11.3 Å². The molecule has 0 spiro atoms. The van der Waals surface area contributed by atoms with Crippen LogP contribution in [-0.2, 0) is 0 Å². The summed E-state index contributed by atoms with van der Waals surface area (Å²) in [7, 11) is 0. The van der Waals surface area contributed by atoms with E-state index >= 15 is 0 Å². The van der Waals surface area contributed by atoms with Gasteiger partial charge in [0.15, 0.2) is 0 Å². The Morgan fingerprint density at radius 3 is 2.37 bits per heavy atom. The Morgan fingerprint density at radius 2 is 1.89 bits per heavy atom. The molecule has 1 heterocycles. The predicted octanol–water partition coefficient (Wildman–Crippen LogP) is 2.05. The zero-order valence-corrected chi connectivity index (χ0v) is 11.3. The van der Waals surface area contributed by atoms with Crippen LogP contribution < -0.4 is 4.90 Å². The van der Waals surface area contributed by atoms with Gasteiger partial charge in [0.1, 0.15) is 5.82 Å². The molecule has 2 rings (SSSR count). The van der Waals surface area contributed by atoms with Crippen molar-refractivity contribution in [2.24, 2.45) is 0 Å². The third-order valence-electron chi connectivity index (χ3n) is 3.58. The Bertz CT molecular complexity index is 469. The molecule has 1 N–H and O–H groups in total. The second-order valence-electron chi connectivity index (χ2n) is 5.09. The van der Waals surface area contributed by atoms with Crippen molar-refractivity contribution in [3.8, 4) is 0 Å². The van der Waals surface area contributed by atoms with Gasteiger partial charge in [-0.05, 0) is 32.0 Å². The zero-order valence-electron chi connectivity index (χ0n) is 11.3. The highest BCUT2D eigenvalue weighted by atomic mass is 19.1. The van der Waals surface area contributed by atoms with Crippen molar-refractivity contribution in [3.63, 3.8) is 0 Å². The van der Waals surface area contributed by atoms with Gasteiger partial charge in [0.2, 0.25) is 0 Å². The van der Waals surface area contributed by atoms with Crippen LogP contribution in [0.25, 0.3) is 0 Å². The van der Waals surface area contributed by atoms with Crippen molar-refractivity contribution < 1.29 is 14.3 Å². The third kappa shape index (κ3) is 3.04. The summed E-state index contributed by atoms with van der Waals surface area (Å²) >= 11 is 0. The maximum absolute atomic E-state index is 13.9. The number of anilines is 1. The Morgan fingerprint density at radius 1 is 1.26 bits per heavy atom. The molecule has 1 saturated heterocycles. The first kappa shape index (κ1) is 13.8. The van der Waals surface area contributed by atoms with Crippen LogP contribution in [0.4, 0.5) is 10.1 Å². The summed E-state index contributed by atoms with van der Waals surface area (Å²) in [6.45, 7) is 7.63. The summed E-state index contributed by atoms with van der Waals surface area (Å²) in [5.74, 6) is -1.56. The molecule has 0 aromatic heterocycles. The van der Waals surface area contributed by atoms with E-state index in [1.54, 1.807) is 6.07 Å². The van der Waals surface area contributed by atoms with E-state index in [9.17, 15) is 9.18 Å². The zero-order chi connectivity index (χ0) is 14.0. The van der Waals surface area contributed by atoms with Crippen molar-refractivity contribution in [3.05, 3.63) is 29.6 Å². The van der Waals surface area contributed by atoms with E-state index in [2.05, 4.69) is 18.7 Å². The molecule has 0 bridgehead atoms. The lowest BCUT2D eigenvalue weighted by Gasteiger charge is -2.38. The predicted molar refractivity (Wildman–Crippen MR) is 72.3 cm³/mol. The number of benzene rings is 1. The van der Waals surface area contributed by atoms with E-state index in [4.69, 9.17) is 5.11 Å². The molecule has 4 nitrogen and oxygen atoms in total. The molecule has 0 radical (unpaired) electrons. The fraction of sp³-hybridized carbons (Fsp3) is 0.500. The molecule has 1 aliphatic heterocycles. The Hall–Kier alpha value is -1.62. The number of aromatic carboxylic acids is 1. The van der Waals surface area contributed by atoms with Gasteiger partial charge in [-0.2, -0.15) is 0 Å². The number of hydrogen-bond donors (Lipinski definition) is 1. The van der Waals surface area contributed by atoms with Crippen LogP contribution in [0, 0.1) is 5.82 Å². The van der Waals surface area contributed by atoms with E-state index in [0.29, 0.717) is 11.7 Å². The average molecular weight is 266 g/mol. The van der Waals surface area contributed by atoms with Gasteiger partial charge in [0, 0.05) is 32.2 Å². The first-order valence-corrected chi connectivity index (χ1v) is 6.51. The maximum Gasteiger partial charge on any atom is 0.335 e. The van der Waals surface area contributed by atoms with Gasteiger partial charge in [-0.1, -0.05) is 0 Å². The standard InChI is InChI=1S/C14H19FN2O2/c1-10(2)16-5-7-17(8-6-16)13-4-3-11(14(18)19)9-12(13)15/h3-4,9-10H,5-8H2,1-2H3,(H,18,19). The molecular weight excluding hydrogens is 247 g/mol. The highest BCUT2D eigenvalue weighted by molar-refractivity contribution is 5.88. The minimum atomic E-state index is -1.10. The fourth-order valence-electron chi connectivity index (χ4n) is 2.38. The number of rotatable bonds is 3. The van der Waals surface area contributed by atoms with Gasteiger partial charge in [-0.25, -0.2) is 9.18 Å². The molecule has 0 atom stereocenters. The summed E-state index contributed by atoms with van der Waals surface area (Å²) < 4.78 is 13.9. The minimum Gasteiger partial charge on any atom is -0.478 e. The number of halogens is 1. The maximum atomic E-state index is 13.9. The fourth-order valence-corrected chi connectivity index (χ4v) is 2.38. The molecule has 1 aromatic carbocycles. The molecule has 19 heavy (non-hydrogen) atoms. The van der Waals surface area contributed by atoms with E-state index in [0.717, 1.165) is 32.2 Å². The van der Waals surface area contributed by atoms with Crippen molar-refractivity contribution in [1.29, 1.82) is 0 Å². The lowest BCUT2D eigenvalue weighted by molar-refractivity contribution is 0.0696. The molecule has 1 aliphatic rings. The van der Waals surface area contributed by atoms with Crippen LogP contribution in [0.15, 0.2) is 18.2 Å². The first-order valence-electron chi connectivity index (χ1n) is 6.51. The molecular formula is C14H19FN2O2. The second kappa shape index (κ2) is 5.57. The number of piperazine rings is 1. The summed E-state index contributed by atoms with van der Waals surface area (Å²) in [6.07, 6.45) is 0. The van der Waals surface area contributed by atoms with Crippen molar-refractivity contribution in [1.82, 2.24) is 4.90 Å². The highest BCUT2D eigenvalue weighted by Crippen LogP contribution is 2.22. The quantitative estimate of drug-likeness (QED) is 0.909. The van der Waals surface area contributed by atoms with Gasteiger partial charge >= 0.3 is 5.97 Å². The van der Waals surface area contributed by atoms with Crippen molar-refractivity contribution in [2.75, 3.05) is 31.1 Å². The van der Waals surface area contributed by atoms with Gasteiger partial charge in [-0.3, -0.25) is 4.90 Å². The molecule has 0 saturated carbocycles. The van der Waals surface area contributed by atoms with Crippen LogP contribution >= 0.6 is 0 Å². The molecule has 0 aliphatic carbocycles. The minimum absolute atomic E-state index is 0.0120. The first-order chi connectivity index (χ1) is 8.99. The molecule has 0 amide bonds. The molecule has 104 valence electrons. The van der Waals surface area contributed by atoms with E-state index in [-0.39, 0.29) is 5.56 Å². The lowest BCUT2D eigenvalue weighted by Crippen LogP contribution is -2.49. The third-order valence-corrected chi connectivity index (χ3v) is 3.58. The summed E-state index contributed by atoms with van der Waals surface area (Å²) in [5, 5.41) is 8.82. The number of carbonyl (C=O) groups is 1. The van der Waals surface area contributed by atoms with E-state index in [1.807, 2.05) is 4.90 Å². The molecule has 0 unspecified atom stereocenters. The summed E-state index contributed by atoms with van der Waals surface area (Å²) in [5.41, 5.74) is 0.482. The van der Waals surface area contributed by atoms with Crippen LogP contribution in [0.3, 0.4) is 0 Å². The largest absolute Gasteiger partial charge is 0.478 e. The number of hydrogen-bond acceptors (Lipinski definition) is 3. The number of carboxylic acid groups (broad SMARTS) is 1. The molecule has 1 fully saturated rings. The van der Waals surface area contributed by atoms with Crippen LogP contribution in [0.5, 0.6) is 0 Å². The second-order valence-corrected chi connectivity index (χ2v) is 5.09. The van der Waals surface area contributed by atoms with Crippen molar-refractivity contribution in [2.45, 2.75) is 19.9 Å². The molecule has 1 aromatic rings. The van der Waals surface area contributed by atoms with Crippen LogP contribution in [0.2, 0.25) is 0 Å². The smallest absolute Gasteiger partial charge is 0.335 e. The van der Waals surface area contributed by atoms with Gasteiger partial charge < -0.3 is 10.0 Å². The summed E-state index contributed by atoms with van der Waals surface area (Å²) in [4.78, 5) is 15.1. The van der Waals surface area contributed by atoms with Gasteiger partial charge in [0.25, 0.3) is 0 Å². The van der Waals surface area contributed by atoms with E-state index < -0.39 is 11.8 Å². The van der Waals surface area contributed by atoms with Crippen molar-refractivity contribution >= 4 is 11.7 Å². The Labute approximate surface area is 112 Å². The normalized spacial score (nSPS) is 16.9. The Kier molecular flexibility index (Phi) is 4.04. The van der Waals surface area contributed by atoms with E-state index in [1.165, 1.54) is 6.07 Å². The van der Waals surface area contributed by atoms with Gasteiger partial charge in [-0.15, -0.1) is 0 Å².